The number of fused-ring (bicyclic) bond motifs is 1. The highest BCUT2D eigenvalue weighted by atomic mass is 15.2. The molecule has 1 aliphatic heterocycles. The van der Waals surface area contributed by atoms with Crippen LogP contribution < -0.4 is 10.2 Å². The summed E-state index contributed by atoms with van der Waals surface area (Å²) in [5, 5.41) is 3.36. The molecule has 106 valence electrons. The molecule has 1 aliphatic carbocycles. The zero-order valence-electron chi connectivity index (χ0n) is 11.9. The van der Waals surface area contributed by atoms with Gasteiger partial charge >= 0.3 is 0 Å². The fourth-order valence-corrected chi connectivity index (χ4v) is 3.07. The van der Waals surface area contributed by atoms with E-state index in [9.17, 15) is 0 Å². The second-order valence-corrected chi connectivity index (χ2v) is 6.01. The second kappa shape index (κ2) is 4.74. The van der Waals surface area contributed by atoms with Crippen LogP contribution in [0.15, 0.2) is 12.3 Å². The Morgan fingerprint density at radius 1 is 1.25 bits per heavy atom. The molecule has 5 heteroatoms. The predicted molar refractivity (Wildman–Crippen MR) is 80.2 cm³/mol. The van der Waals surface area contributed by atoms with Crippen molar-refractivity contribution in [1.82, 2.24) is 20.3 Å². The number of aromatic nitrogens is 3. The van der Waals surface area contributed by atoms with Gasteiger partial charge in [-0.05, 0) is 44.7 Å². The SMILES string of the molecule is CNC1CCN(c2cnc3[nH]c(C4CC4)cc3n2)CC1. The number of aromatic amines is 1. The van der Waals surface area contributed by atoms with Crippen LogP contribution in [0, 0.1) is 0 Å². The molecule has 5 nitrogen and oxygen atoms in total. The zero-order valence-corrected chi connectivity index (χ0v) is 11.9. The van der Waals surface area contributed by atoms with E-state index in [1.165, 1.54) is 31.4 Å². The average Bonchev–Trinajstić information content (AvgIpc) is 3.26. The molecular formula is C15H21N5. The van der Waals surface area contributed by atoms with Crippen LogP contribution in [0.2, 0.25) is 0 Å². The van der Waals surface area contributed by atoms with Gasteiger partial charge in [0, 0.05) is 24.8 Å². The van der Waals surface area contributed by atoms with Gasteiger partial charge in [-0.2, -0.15) is 0 Å². The number of rotatable bonds is 3. The summed E-state index contributed by atoms with van der Waals surface area (Å²) in [5.74, 6) is 1.74. The van der Waals surface area contributed by atoms with Gasteiger partial charge in [-0.3, -0.25) is 0 Å². The van der Waals surface area contributed by atoms with E-state index in [2.05, 4.69) is 26.3 Å². The zero-order chi connectivity index (χ0) is 13.5. The molecule has 2 aliphatic rings. The van der Waals surface area contributed by atoms with E-state index >= 15 is 0 Å². The van der Waals surface area contributed by atoms with Crippen LogP contribution in [-0.2, 0) is 0 Å². The second-order valence-electron chi connectivity index (χ2n) is 6.01. The lowest BCUT2D eigenvalue weighted by Crippen LogP contribution is -2.41. The van der Waals surface area contributed by atoms with Gasteiger partial charge in [0.25, 0.3) is 0 Å². The summed E-state index contributed by atoms with van der Waals surface area (Å²) in [5.41, 5.74) is 3.26. The molecule has 1 saturated carbocycles. The quantitative estimate of drug-likeness (QED) is 0.897. The normalized spacial score (nSPS) is 20.8. The maximum absolute atomic E-state index is 4.79. The smallest absolute Gasteiger partial charge is 0.156 e. The molecule has 2 N–H and O–H groups in total. The number of piperidine rings is 1. The lowest BCUT2D eigenvalue weighted by Gasteiger charge is -2.32. The molecule has 0 unspecified atom stereocenters. The summed E-state index contributed by atoms with van der Waals surface area (Å²) in [4.78, 5) is 15.1. The fraction of sp³-hybridized carbons (Fsp3) is 0.600. The molecule has 2 aromatic rings. The van der Waals surface area contributed by atoms with Gasteiger partial charge in [-0.1, -0.05) is 0 Å². The molecule has 2 aromatic heterocycles. The van der Waals surface area contributed by atoms with Crippen LogP contribution in [0.3, 0.4) is 0 Å². The van der Waals surface area contributed by atoms with Crippen molar-refractivity contribution in [2.75, 3.05) is 25.0 Å². The van der Waals surface area contributed by atoms with E-state index in [0.29, 0.717) is 6.04 Å². The van der Waals surface area contributed by atoms with Crippen LogP contribution in [-0.4, -0.2) is 41.1 Å². The highest BCUT2D eigenvalue weighted by Gasteiger charge is 2.26. The maximum atomic E-state index is 4.79. The Labute approximate surface area is 118 Å². The molecule has 4 rings (SSSR count). The van der Waals surface area contributed by atoms with Gasteiger partial charge in [0.2, 0.25) is 0 Å². The first-order valence-electron chi connectivity index (χ1n) is 7.61. The van der Waals surface area contributed by atoms with Crippen molar-refractivity contribution >= 4 is 17.0 Å². The van der Waals surface area contributed by atoms with Gasteiger partial charge in [0.1, 0.15) is 11.3 Å². The average molecular weight is 271 g/mol. The van der Waals surface area contributed by atoms with Crippen molar-refractivity contribution < 1.29 is 0 Å². The maximum Gasteiger partial charge on any atom is 0.156 e. The highest BCUT2D eigenvalue weighted by molar-refractivity contribution is 5.74. The third-order valence-electron chi connectivity index (χ3n) is 4.59. The van der Waals surface area contributed by atoms with E-state index in [4.69, 9.17) is 4.98 Å². The van der Waals surface area contributed by atoms with Crippen LogP contribution in [0.4, 0.5) is 5.82 Å². The molecule has 2 fully saturated rings. The molecule has 0 aromatic carbocycles. The lowest BCUT2D eigenvalue weighted by atomic mass is 10.1. The Morgan fingerprint density at radius 2 is 2.05 bits per heavy atom. The van der Waals surface area contributed by atoms with Crippen LogP contribution in [0.25, 0.3) is 11.2 Å². The van der Waals surface area contributed by atoms with Crippen molar-refractivity contribution in [3.8, 4) is 0 Å². The Bertz CT molecular complexity index is 608. The monoisotopic (exact) mass is 271 g/mol. The molecule has 0 amide bonds. The van der Waals surface area contributed by atoms with Gasteiger partial charge in [-0.15, -0.1) is 0 Å². The Balaban J connectivity index is 1.57. The predicted octanol–water partition coefficient (Wildman–Crippen LogP) is 2.02. The van der Waals surface area contributed by atoms with Gasteiger partial charge < -0.3 is 15.2 Å². The van der Waals surface area contributed by atoms with Crippen molar-refractivity contribution in [3.05, 3.63) is 18.0 Å². The first kappa shape index (κ1) is 12.1. The van der Waals surface area contributed by atoms with Crippen molar-refractivity contribution in [2.45, 2.75) is 37.6 Å². The number of hydrogen-bond donors (Lipinski definition) is 2. The van der Waals surface area contributed by atoms with E-state index in [1.807, 2.05) is 13.2 Å². The van der Waals surface area contributed by atoms with E-state index in [0.717, 1.165) is 36.0 Å². The first-order valence-corrected chi connectivity index (χ1v) is 7.61. The third-order valence-corrected chi connectivity index (χ3v) is 4.59. The largest absolute Gasteiger partial charge is 0.355 e. The molecule has 0 bridgehead atoms. The summed E-state index contributed by atoms with van der Waals surface area (Å²) in [6.07, 6.45) is 6.87. The first-order chi connectivity index (χ1) is 9.83. The minimum Gasteiger partial charge on any atom is -0.355 e. The van der Waals surface area contributed by atoms with Crippen LogP contribution in [0.1, 0.15) is 37.3 Å². The standard InChI is InChI=1S/C15H21N5/c1-16-11-4-6-20(7-5-11)14-9-17-15-13(18-14)8-12(19-15)10-2-3-10/h8-11,16H,2-7H2,1H3,(H,17,19). The van der Waals surface area contributed by atoms with Crippen molar-refractivity contribution in [3.63, 3.8) is 0 Å². The van der Waals surface area contributed by atoms with E-state index in [-0.39, 0.29) is 0 Å². The topological polar surface area (TPSA) is 56.8 Å². The molecule has 0 radical (unpaired) electrons. The van der Waals surface area contributed by atoms with E-state index < -0.39 is 0 Å². The number of H-pyrrole nitrogens is 1. The third kappa shape index (κ3) is 2.16. The molecule has 1 saturated heterocycles. The van der Waals surface area contributed by atoms with Crippen LogP contribution >= 0.6 is 0 Å². The summed E-state index contributed by atoms with van der Waals surface area (Å²) < 4.78 is 0. The number of nitrogens with zero attached hydrogens (tertiary/aromatic N) is 3. The van der Waals surface area contributed by atoms with Crippen LogP contribution in [0.5, 0.6) is 0 Å². The molecular weight excluding hydrogens is 250 g/mol. The lowest BCUT2D eigenvalue weighted by molar-refractivity contribution is 0.441. The van der Waals surface area contributed by atoms with Gasteiger partial charge in [0.05, 0.1) is 6.20 Å². The minimum atomic E-state index is 0.650. The summed E-state index contributed by atoms with van der Waals surface area (Å²) in [6.45, 7) is 2.12. The Kier molecular flexibility index (Phi) is 2.88. The van der Waals surface area contributed by atoms with Gasteiger partial charge in [0.15, 0.2) is 5.65 Å². The number of nitrogens with one attached hydrogen (secondary N) is 2. The molecule has 0 atom stereocenters. The summed E-state index contributed by atoms with van der Waals surface area (Å²) in [7, 11) is 2.05. The fourth-order valence-electron chi connectivity index (χ4n) is 3.07. The van der Waals surface area contributed by atoms with Gasteiger partial charge in [-0.25, -0.2) is 9.97 Å². The number of hydrogen-bond acceptors (Lipinski definition) is 4. The van der Waals surface area contributed by atoms with E-state index in [1.54, 1.807) is 0 Å². The summed E-state index contributed by atoms with van der Waals surface area (Å²) in [6, 6.07) is 2.83. The van der Waals surface area contributed by atoms with Crippen molar-refractivity contribution in [1.29, 1.82) is 0 Å². The van der Waals surface area contributed by atoms with Crippen molar-refractivity contribution in [2.24, 2.45) is 0 Å². The summed E-state index contributed by atoms with van der Waals surface area (Å²) >= 11 is 0. The molecule has 20 heavy (non-hydrogen) atoms. The highest BCUT2D eigenvalue weighted by Crippen LogP contribution is 2.40. The Morgan fingerprint density at radius 3 is 2.75 bits per heavy atom. The number of anilines is 1. The minimum absolute atomic E-state index is 0.650. The Hall–Kier alpha value is -1.62. The molecule has 3 heterocycles. The molecule has 0 spiro atoms.